The number of nitrogens with one attached hydrogen (secondary N) is 1. The smallest absolute Gasteiger partial charge is 0.326 e. The molecule has 0 aliphatic carbocycles. The number of hydrogen-bond acceptors (Lipinski definition) is 4. The fourth-order valence-corrected chi connectivity index (χ4v) is 2.50. The molecule has 0 aromatic heterocycles. The molecule has 0 aromatic rings. The summed E-state index contributed by atoms with van der Waals surface area (Å²) in [5.41, 5.74) is 5.22. The van der Waals surface area contributed by atoms with E-state index in [2.05, 4.69) is 5.32 Å². The molecule has 0 radical (unpaired) electrons. The fraction of sp³-hybridized carbons (Fsp3) is 0.727. The van der Waals surface area contributed by atoms with Crippen molar-refractivity contribution in [3.05, 3.63) is 0 Å². The summed E-state index contributed by atoms with van der Waals surface area (Å²) in [6.45, 7) is 0.425. The van der Waals surface area contributed by atoms with Gasteiger partial charge in [0.05, 0.1) is 0 Å². The zero-order valence-electron chi connectivity index (χ0n) is 10.8. The van der Waals surface area contributed by atoms with E-state index >= 15 is 0 Å². The molecule has 1 rings (SSSR count). The summed E-state index contributed by atoms with van der Waals surface area (Å²) in [6, 6.07) is -2.10. The van der Waals surface area contributed by atoms with E-state index in [4.69, 9.17) is 10.8 Å². The molecule has 1 saturated heterocycles. The average molecular weight is 289 g/mol. The molecule has 4 N–H and O–H groups in total. The summed E-state index contributed by atoms with van der Waals surface area (Å²) < 4.78 is 0. The lowest BCUT2D eigenvalue weighted by Crippen LogP contribution is -2.52. The molecule has 1 aliphatic rings. The first-order valence-corrected chi connectivity index (χ1v) is 7.45. The number of carboxylic acids is 1. The number of rotatable bonds is 6. The quantitative estimate of drug-likeness (QED) is 0.629. The molecule has 2 atom stereocenters. The molecule has 0 aromatic carbocycles. The Kier molecular flexibility index (Phi) is 5.94. The zero-order chi connectivity index (χ0) is 14.4. The highest BCUT2D eigenvalue weighted by atomic mass is 32.2. The van der Waals surface area contributed by atoms with E-state index in [1.807, 2.05) is 6.26 Å². The minimum atomic E-state index is -1.07. The van der Waals surface area contributed by atoms with Crippen LogP contribution in [0, 0.1) is 0 Å². The van der Waals surface area contributed by atoms with Crippen LogP contribution in [-0.4, -0.2) is 58.6 Å². The lowest BCUT2D eigenvalue weighted by Gasteiger charge is -2.24. The fourth-order valence-electron chi connectivity index (χ4n) is 2.03. The second-order valence-corrected chi connectivity index (χ2v) is 5.36. The molecule has 1 fully saturated rings. The molecule has 8 heteroatoms. The van der Waals surface area contributed by atoms with E-state index in [-0.39, 0.29) is 0 Å². The van der Waals surface area contributed by atoms with Crippen molar-refractivity contribution >= 4 is 29.7 Å². The van der Waals surface area contributed by atoms with Crippen LogP contribution in [0.15, 0.2) is 0 Å². The van der Waals surface area contributed by atoms with Crippen LogP contribution in [0.25, 0.3) is 0 Å². The first-order chi connectivity index (χ1) is 8.97. The predicted molar refractivity (Wildman–Crippen MR) is 71.9 cm³/mol. The number of thioether (sulfide) groups is 1. The van der Waals surface area contributed by atoms with Crippen molar-refractivity contribution in [2.75, 3.05) is 18.6 Å². The SMILES string of the molecule is CSCC[C@H](NC(=O)N1CCCC1C(N)=O)C(=O)O. The van der Waals surface area contributed by atoms with E-state index in [0.717, 1.165) is 0 Å². The Labute approximate surface area is 115 Å². The standard InChI is InChI=1S/C11H19N3O4S/c1-19-6-4-7(10(16)17)13-11(18)14-5-2-3-8(14)9(12)15/h7-8H,2-6H2,1H3,(H2,12,15)(H,13,18)(H,16,17)/t7-,8?/m0/s1. The molecule has 1 unspecified atom stereocenters. The summed E-state index contributed by atoms with van der Waals surface area (Å²) in [6.07, 6.45) is 3.44. The van der Waals surface area contributed by atoms with Gasteiger partial charge in [0, 0.05) is 6.54 Å². The summed E-state index contributed by atoms with van der Waals surface area (Å²) in [4.78, 5) is 35.5. The summed E-state index contributed by atoms with van der Waals surface area (Å²) >= 11 is 1.51. The number of urea groups is 1. The Hall–Kier alpha value is -1.44. The van der Waals surface area contributed by atoms with Crippen LogP contribution in [0.5, 0.6) is 0 Å². The van der Waals surface area contributed by atoms with Crippen LogP contribution >= 0.6 is 11.8 Å². The number of hydrogen-bond donors (Lipinski definition) is 3. The Bertz CT molecular complexity index is 364. The second kappa shape index (κ2) is 7.22. The van der Waals surface area contributed by atoms with Gasteiger partial charge in [0.15, 0.2) is 0 Å². The number of nitrogens with two attached hydrogens (primary N) is 1. The van der Waals surface area contributed by atoms with Gasteiger partial charge in [0.25, 0.3) is 0 Å². The molecular weight excluding hydrogens is 270 g/mol. The first-order valence-electron chi connectivity index (χ1n) is 6.05. The third-order valence-corrected chi connectivity index (χ3v) is 3.69. The third kappa shape index (κ3) is 4.30. The molecule has 0 bridgehead atoms. The summed E-state index contributed by atoms with van der Waals surface area (Å²) in [5, 5.41) is 11.5. The number of amides is 3. The normalized spacial score (nSPS) is 20.1. The Balaban J connectivity index is 2.60. The molecule has 108 valence electrons. The van der Waals surface area contributed by atoms with Crippen molar-refractivity contribution in [1.29, 1.82) is 0 Å². The van der Waals surface area contributed by atoms with Crippen LogP contribution in [0.3, 0.4) is 0 Å². The Morgan fingerprint density at radius 3 is 2.74 bits per heavy atom. The average Bonchev–Trinajstić information content (AvgIpc) is 2.83. The molecular formula is C11H19N3O4S. The van der Waals surface area contributed by atoms with Crippen LogP contribution in [0.4, 0.5) is 4.79 Å². The maximum absolute atomic E-state index is 12.0. The molecule has 0 saturated carbocycles. The van der Waals surface area contributed by atoms with E-state index in [1.165, 1.54) is 16.7 Å². The van der Waals surface area contributed by atoms with Gasteiger partial charge in [-0.05, 0) is 31.3 Å². The monoisotopic (exact) mass is 289 g/mol. The molecule has 1 aliphatic heterocycles. The minimum absolute atomic E-state index is 0.345. The molecule has 1 heterocycles. The van der Waals surface area contributed by atoms with Gasteiger partial charge in [-0.1, -0.05) is 0 Å². The largest absolute Gasteiger partial charge is 0.480 e. The Morgan fingerprint density at radius 1 is 1.53 bits per heavy atom. The van der Waals surface area contributed by atoms with Gasteiger partial charge < -0.3 is 21.1 Å². The van der Waals surface area contributed by atoms with Crippen molar-refractivity contribution in [2.45, 2.75) is 31.3 Å². The van der Waals surface area contributed by atoms with E-state index < -0.39 is 30.0 Å². The lowest BCUT2D eigenvalue weighted by molar-refractivity contribution is -0.139. The number of aliphatic carboxylic acids is 1. The highest BCUT2D eigenvalue weighted by Crippen LogP contribution is 2.17. The van der Waals surface area contributed by atoms with Gasteiger partial charge in [-0.2, -0.15) is 11.8 Å². The number of carbonyl (C=O) groups is 3. The highest BCUT2D eigenvalue weighted by Gasteiger charge is 2.34. The molecule has 3 amide bonds. The third-order valence-electron chi connectivity index (χ3n) is 3.05. The summed E-state index contributed by atoms with van der Waals surface area (Å²) in [5.74, 6) is -0.989. The minimum Gasteiger partial charge on any atom is -0.480 e. The van der Waals surface area contributed by atoms with Gasteiger partial charge >= 0.3 is 12.0 Å². The van der Waals surface area contributed by atoms with Crippen molar-refractivity contribution in [2.24, 2.45) is 5.73 Å². The van der Waals surface area contributed by atoms with Crippen molar-refractivity contribution in [3.8, 4) is 0 Å². The molecule has 7 nitrogen and oxygen atoms in total. The predicted octanol–water partition coefficient (Wildman–Crippen LogP) is -0.148. The van der Waals surface area contributed by atoms with Crippen molar-refractivity contribution in [1.82, 2.24) is 10.2 Å². The topological polar surface area (TPSA) is 113 Å². The van der Waals surface area contributed by atoms with E-state index in [0.29, 0.717) is 31.6 Å². The highest BCUT2D eigenvalue weighted by molar-refractivity contribution is 7.98. The maximum Gasteiger partial charge on any atom is 0.326 e. The number of carbonyl (C=O) groups excluding carboxylic acids is 2. The number of primary amides is 1. The molecule has 19 heavy (non-hydrogen) atoms. The second-order valence-electron chi connectivity index (χ2n) is 4.38. The van der Waals surface area contributed by atoms with Gasteiger partial charge in [0.2, 0.25) is 5.91 Å². The number of nitrogens with zero attached hydrogens (tertiary/aromatic N) is 1. The number of carboxylic acid groups (broad SMARTS) is 1. The summed E-state index contributed by atoms with van der Waals surface area (Å²) in [7, 11) is 0. The van der Waals surface area contributed by atoms with Crippen molar-refractivity contribution < 1.29 is 19.5 Å². The zero-order valence-corrected chi connectivity index (χ0v) is 11.6. The molecule has 0 spiro atoms. The van der Waals surface area contributed by atoms with Crippen LogP contribution in [-0.2, 0) is 9.59 Å². The first kappa shape index (κ1) is 15.6. The lowest BCUT2D eigenvalue weighted by atomic mass is 10.2. The van der Waals surface area contributed by atoms with Crippen molar-refractivity contribution in [3.63, 3.8) is 0 Å². The number of likely N-dealkylation sites (tertiary alicyclic amines) is 1. The van der Waals surface area contributed by atoms with Crippen LogP contribution in [0.2, 0.25) is 0 Å². The van der Waals surface area contributed by atoms with Gasteiger partial charge in [-0.15, -0.1) is 0 Å². The van der Waals surface area contributed by atoms with Gasteiger partial charge in [-0.25, -0.2) is 9.59 Å². The van der Waals surface area contributed by atoms with Gasteiger partial charge in [-0.3, -0.25) is 4.79 Å². The van der Waals surface area contributed by atoms with Crippen LogP contribution in [0.1, 0.15) is 19.3 Å². The van der Waals surface area contributed by atoms with E-state index in [1.54, 1.807) is 0 Å². The Morgan fingerprint density at radius 2 is 2.21 bits per heavy atom. The van der Waals surface area contributed by atoms with Gasteiger partial charge in [0.1, 0.15) is 12.1 Å². The van der Waals surface area contributed by atoms with Crippen LogP contribution < -0.4 is 11.1 Å². The van der Waals surface area contributed by atoms with E-state index in [9.17, 15) is 14.4 Å². The maximum atomic E-state index is 12.0.